The average molecular weight is 572 g/mol. The summed E-state index contributed by atoms with van der Waals surface area (Å²) in [6, 6.07) is 0. The third-order valence-corrected chi connectivity index (χ3v) is 4.56. The molecule has 13 nitrogen and oxygen atoms in total. The lowest BCUT2D eigenvalue weighted by Gasteiger charge is -2.09. The van der Waals surface area contributed by atoms with Crippen molar-refractivity contribution < 1.29 is 56.9 Å². The van der Waals surface area contributed by atoms with Gasteiger partial charge in [0.15, 0.2) is 0 Å². The molecule has 0 radical (unpaired) electrons. The molecule has 0 saturated carbocycles. The number of hydrogen-bond acceptors (Lipinski definition) is 13. The first-order valence-electron chi connectivity index (χ1n) is 13.9. The largest absolute Gasteiger partial charge is 0.463 e. The van der Waals surface area contributed by atoms with Gasteiger partial charge in [0, 0.05) is 13.0 Å². The first-order valence-corrected chi connectivity index (χ1v) is 13.9. The van der Waals surface area contributed by atoms with E-state index in [0.717, 1.165) is 6.42 Å². The predicted octanol–water partition coefficient (Wildman–Crippen LogP) is 0.454. The standard InChI is InChI=1S/C26H53NO12/c1-2-3-26(28)39-25-24-38-23-22-37-21-20-36-19-18-35-17-16-34-15-14-33-13-12-32-11-10-31-9-8-30-7-6-29-5-4-27/h2-25,27H2,1H3. The number of nitrogens with two attached hydrogens (primary N) is 1. The van der Waals surface area contributed by atoms with Crippen molar-refractivity contribution >= 4 is 5.97 Å². The number of carbonyl (C=O) groups is 1. The molecule has 0 saturated heterocycles. The zero-order valence-electron chi connectivity index (χ0n) is 23.9. The third-order valence-electron chi connectivity index (χ3n) is 4.56. The fourth-order valence-electron chi connectivity index (χ4n) is 2.66. The molecule has 0 amide bonds. The van der Waals surface area contributed by atoms with Crippen molar-refractivity contribution in [2.75, 3.05) is 145 Å². The molecule has 0 unspecified atom stereocenters. The summed E-state index contributed by atoms with van der Waals surface area (Å²) in [5, 5.41) is 0. The maximum atomic E-state index is 11.2. The summed E-state index contributed by atoms with van der Waals surface area (Å²) in [5.41, 5.74) is 5.32. The predicted molar refractivity (Wildman–Crippen MR) is 143 cm³/mol. The fraction of sp³-hybridized carbons (Fsp3) is 0.962. The van der Waals surface area contributed by atoms with Crippen molar-refractivity contribution in [3.05, 3.63) is 0 Å². The Morgan fingerprint density at radius 2 is 0.641 bits per heavy atom. The molecule has 2 N–H and O–H groups in total. The summed E-state index contributed by atoms with van der Waals surface area (Å²) in [7, 11) is 0. The molecule has 0 aromatic heterocycles. The number of carbonyl (C=O) groups excluding carboxylic acids is 1. The third kappa shape index (κ3) is 35.0. The van der Waals surface area contributed by atoms with Crippen molar-refractivity contribution in [1.82, 2.24) is 0 Å². The van der Waals surface area contributed by atoms with E-state index in [0.29, 0.717) is 145 Å². The summed E-state index contributed by atoms with van der Waals surface area (Å²) in [6.07, 6.45) is 1.23. The first kappa shape index (κ1) is 38.0. The van der Waals surface area contributed by atoms with Crippen LogP contribution in [0.4, 0.5) is 0 Å². The van der Waals surface area contributed by atoms with Gasteiger partial charge in [-0.1, -0.05) is 6.92 Å². The van der Waals surface area contributed by atoms with Crippen LogP contribution >= 0.6 is 0 Å². The Balaban J connectivity index is 3.04. The molecule has 0 rings (SSSR count). The van der Waals surface area contributed by atoms with Gasteiger partial charge in [0.05, 0.1) is 132 Å². The maximum Gasteiger partial charge on any atom is 0.305 e. The van der Waals surface area contributed by atoms with Crippen molar-refractivity contribution in [3.63, 3.8) is 0 Å². The highest BCUT2D eigenvalue weighted by atomic mass is 16.6. The molecule has 0 fully saturated rings. The highest BCUT2D eigenvalue weighted by Crippen LogP contribution is 1.91. The molecular formula is C26H53NO12. The topological polar surface area (TPSA) is 145 Å². The summed E-state index contributed by atoms with van der Waals surface area (Å²) in [6.45, 7) is 12.8. The summed E-state index contributed by atoms with van der Waals surface area (Å²) in [4.78, 5) is 11.2. The lowest BCUT2D eigenvalue weighted by atomic mass is 10.3. The van der Waals surface area contributed by atoms with Crippen LogP contribution in [-0.4, -0.2) is 151 Å². The Hall–Kier alpha value is -0.970. The maximum absolute atomic E-state index is 11.2. The molecule has 39 heavy (non-hydrogen) atoms. The Morgan fingerprint density at radius 3 is 0.872 bits per heavy atom. The van der Waals surface area contributed by atoms with E-state index in [1.54, 1.807) is 0 Å². The van der Waals surface area contributed by atoms with Crippen molar-refractivity contribution in [3.8, 4) is 0 Å². The average Bonchev–Trinajstić information content (AvgIpc) is 2.94. The molecule has 0 aliphatic carbocycles. The summed E-state index contributed by atoms with van der Waals surface area (Å²) < 4.78 is 58.9. The Bertz CT molecular complexity index is 476. The quantitative estimate of drug-likeness (QED) is 0.0844. The molecule has 0 aliphatic rings. The smallest absolute Gasteiger partial charge is 0.305 e. The van der Waals surface area contributed by atoms with E-state index in [4.69, 9.17) is 57.8 Å². The minimum absolute atomic E-state index is 0.188. The summed E-state index contributed by atoms with van der Waals surface area (Å²) in [5.74, 6) is -0.188. The van der Waals surface area contributed by atoms with E-state index in [1.807, 2.05) is 6.92 Å². The van der Waals surface area contributed by atoms with Crippen LogP contribution in [0.3, 0.4) is 0 Å². The Labute approximate surface area is 234 Å². The van der Waals surface area contributed by atoms with Crippen LogP contribution in [-0.2, 0) is 56.9 Å². The number of ether oxygens (including phenoxy) is 11. The molecule has 0 atom stereocenters. The van der Waals surface area contributed by atoms with Gasteiger partial charge in [0.25, 0.3) is 0 Å². The second kappa shape index (κ2) is 35.1. The molecule has 0 aliphatic heterocycles. The van der Waals surface area contributed by atoms with Gasteiger partial charge in [-0.2, -0.15) is 0 Å². The number of rotatable bonds is 34. The second-order valence-corrected chi connectivity index (χ2v) is 7.88. The highest BCUT2D eigenvalue weighted by Gasteiger charge is 2.00. The van der Waals surface area contributed by atoms with E-state index in [-0.39, 0.29) is 12.6 Å². The van der Waals surface area contributed by atoms with Crippen LogP contribution in [0.2, 0.25) is 0 Å². The van der Waals surface area contributed by atoms with Gasteiger partial charge in [-0.05, 0) is 6.42 Å². The molecule has 234 valence electrons. The zero-order chi connectivity index (χ0) is 28.3. The second-order valence-electron chi connectivity index (χ2n) is 7.88. The van der Waals surface area contributed by atoms with E-state index in [9.17, 15) is 4.79 Å². The van der Waals surface area contributed by atoms with Crippen molar-refractivity contribution in [2.45, 2.75) is 19.8 Å². The SMILES string of the molecule is CCCC(=O)OCCOCCOCCOCCOCCOCCOCCOCCOCCOCCOCCN. The van der Waals surface area contributed by atoms with Crippen LogP contribution in [0.5, 0.6) is 0 Å². The monoisotopic (exact) mass is 571 g/mol. The van der Waals surface area contributed by atoms with Gasteiger partial charge >= 0.3 is 5.97 Å². The van der Waals surface area contributed by atoms with Crippen molar-refractivity contribution in [1.29, 1.82) is 0 Å². The number of esters is 1. The lowest BCUT2D eigenvalue weighted by Crippen LogP contribution is -2.16. The van der Waals surface area contributed by atoms with Gasteiger partial charge in [-0.3, -0.25) is 4.79 Å². The van der Waals surface area contributed by atoms with Crippen LogP contribution in [0.15, 0.2) is 0 Å². The van der Waals surface area contributed by atoms with Gasteiger partial charge in [0.2, 0.25) is 0 Å². The van der Waals surface area contributed by atoms with E-state index < -0.39 is 0 Å². The minimum atomic E-state index is -0.188. The minimum Gasteiger partial charge on any atom is -0.463 e. The highest BCUT2D eigenvalue weighted by molar-refractivity contribution is 5.69. The molecule has 0 aromatic carbocycles. The summed E-state index contributed by atoms with van der Waals surface area (Å²) >= 11 is 0. The van der Waals surface area contributed by atoms with E-state index >= 15 is 0 Å². The molecule has 0 aromatic rings. The van der Waals surface area contributed by atoms with E-state index in [2.05, 4.69) is 0 Å². The first-order chi connectivity index (χ1) is 19.3. The normalized spacial score (nSPS) is 11.3. The van der Waals surface area contributed by atoms with Crippen LogP contribution < -0.4 is 5.73 Å². The van der Waals surface area contributed by atoms with Crippen LogP contribution in [0.25, 0.3) is 0 Å². The molecule has 0 spiro atoms. The Morgan fingerprint density at radius 1 is 0.410 bits per heavy atom. The molecule has 0 bridgehead atoms. The number of hydrogen-bond donors (Lipinski definition) is 1. The lowest BCUT2D eigenvalue weighted by molar-refractivity contribution is -0.145. The van der Waals surface area contributed by atoms with Crippen LogP contribution in [0.1, 0.15) is 19.8 Å². The van der Waals surface area contributed by atoms with Gasteiger partial charge in [-0.15, -0.1) is 0 Å². The molecule has 13 heteroatoms. The van der Waals surface area contributed by atoms with Gasteiger partial charge in [-0.25, -0.2) is 0 Å². The van der Waals surface area contributed by atoms with Crippen LogP contribution in [0, 0.1) is 0 Å². The fourth-order valence-corrected chi connectivity index (χ4v) is 2.66. The Kier molecular flexibility index (Phi) is 34.2. The van der Waals surface area contributed by atoms with Crippen molar-refractivity contribution in [2.24, 2.45) is 5.73 Å². The molecular weight excluding hydrogens is 518 g/mol. The van der Waals surface area contributed by atoms with Gasteiger partial charge < -0.3 is 57.8 Å². The zero-order valence-corrected chi connectivity index (χ0v) is 23.9. The van der Waals surface area contributed by atoms with E-state index in [1.165, 1.54) is 0 Å². The van der Waals surface area contributed by atoms with Gasteiger partial charge in [0.1, 0.15) is 6.61 Å². The molecule has 0 heterocycles.